The van der Waals surface area contributed by atoms with Gasteiger partial charge in [0.15, 0.2) is 0 Å². The first-order chi connectivity index (χ1) is 8.90. The van der Waals surface area contributed by atoms with Crippen LogP contribution < -0.4 is 5.32 Å². The number of aryl methyl sites for hydroxylation is 3. The Hall–Kier alpha value is -0.530. The second-order valence-electron chi connectivity index (χ2n) is 6.07. The second kappa shape index (κ2) is 7.91. The lowest BCUT2D eigenvalue weighted by Crippen LogP contribution is -2.25. The van der Waals surface area contributed by atoms with Gasteiger partial charge in [0.1, 0.15) is 0 Å². The molecular weight excluding hydrogens is 254 g/mol. The molecule has 0 radical (unpaired) electrons. The molecule has 0 aliphatic rings. The first-order valence-corrected chi connectivity index (χ1v) is 7.77. The fourth-order valence-electron chi connectivity index (χ4n) is 2.27. The van der Waals surface area contributed by atoms with E-state index in [0.29, 0.717) is 6.04 Å². The van der Waals surface area contributed by atoms with E-state index >= 15 is 0 Å². The molecule has 1 nitrogen and oxygen atoms in total. The van der Waals surface area contributed by atoms with Crippen molar-refractivity contribution in [2.24, 2.45) is 5.92 Å². The Kier molecular flexibility index (Phi) is 6.88. The van der Waals surface area contributed by atoms with Gasteiger partial charge in [-0.15, -0.1) is 0 Å². The van der Waals surface area contributed by atoms with Crippen LogP contribution in [0, 0.1) is 19.8 Å². The zero-order chi connectivity index (χ0) is 14.4. The maximum Gasteiger partial charge on any atom is 0.0438 e. The molecule has 108 valence electrons. The molecule has 0 fully saturated rings. The standard InChI is InChI=1S/C17H28ClN/c1-12(2)19-9-8-13(3)6-7-16-10-15(5)17(18)11-14(16)4/h10-13,19H,6-9H2,1-5H3. The summed E-state index contributed by atoms with van der Waals surface area (Å²) in [4.78, 5) is 0. The summed E-state index contributed by atoms with van der Waals surface area (Å²) in [6.07, 6.45) is 3.66. The lowest BCUT2D eigenvalue weighted by atomic mass is 9.95. The summed E-state index contributed by atoms with van der Waals surface area (Å²) in [7, 11) is 0. The van der Waals surface area contributed by atoms with Crippen molar-refractivity contribution in [3.63, 3.8) is 0 Å². The number of nitrogens with one attached hydrogen (secondary N) is 1. The summed E-state index contributed by atoms with van der Waals surface area (Å²) in [6, 6.07) is 4.93. The lowest BCUT2D eigenvalue weighted by Gasteiger charge is -2.15. The van der Waals surface area contributed by atoms with Crippen LogP contribution in [0.3, 0.4) is 0 Å². The van der Waals surface area contributed by atoms with Gasteiger partial charge in [0.2, 0.25) is 0 Å². The Balaban J connectivity index is 2.42. The van der Waals surface area contributed by atoms with Crippen molar-refractivity contribution in [2.45, 2.75) is 59.9 Å². The van der Waals surface area contributed by atoms with E-state index in [1.165, 1.54) is 29.5 Å². The molecule has 1 N–H and O–H groups in total. The Bertz CT molecular complexity index is 398. The van der Waals surface area contributed by atoms with Crippen molar-refractivity contribution in [3.8, 4) is 0 Å². The van der Waals surface area contributed by atoms with Gasteiger partial charge in [0.05, 0.1) is 0 Å². The molecule has 0 aliphatic heterocycles. The molecule has 1 rings (SSSR count). The molecule has 1 aromatic rings. The minimum atomic E-state index is 0.591. The minimum Gasteiger partial charge on any atom is -0.315 e. The highest BCUT2D eigenvalue weighted by atomic mass is 35.5. The molecule has 0 saturated heterocycles. The molecule has 0 bridgehead atoms. The molecule has 0 aromatic heterocycles. The number of benzene rings is 1. The van der Waals surface area contributed by atoms with E-state index in [4.69, 9.17) is 11.6 Å². The highest BCUT2D eigenvalue weighted by Crippen LogP contribution is 2.22. The van der Waals surface area contributed by atoms with Crippen LogP contribution >= 0.6 is 11.6 Å². The van der Waals surface area contributed by atoms with E-state index in [9.17, 15) is 0 Å². The highest BCUT2D eigenvalue weighted by Gasteiger charge is 2.07. The minimum absolute atomic E-state index is 0.591. The van der Waals surface area contributed by atoms with Crippen molar-refractivity contribution in [1.82, 2.24) is 5.32 Å². The summed E-state index contributed by atoms with van der Waals surface area (Å²) in [5.74, 6) is 0.765. The number of rotatable bonds is 7. The monoisotopic (exact) mass is 281 g/mol. The van der Waals surface area contributed by atoms with Gasteiger partial charge < -0.3 is 5.32 Å². The third-order valence-electron chi connectivity index (χ3n) is 3.71. The number of hydrogen-bond donors (Lipinski definition) is 1. The summed E-state index contributed by atoms with van der Waals surface area (Å²) < 4.78 is 0. The first-order valence-electron chi connectivity index (χ1n) is 7.39. The van der Waals surface area contributed by atoms with Gasteiger partial charge in [-0.2, -0.15) is 0 Å². The molecule has 19 heavy (non-hydrogen) atoms. The number of halogens is 1. The SMILES string of the molecule is Cc1cc(CCC(C)CCNC(C)C)c(C)cc1Cl. The van der Waals surface area contributed by atoms with E-state index in [-0.39, 0.29) is 0 Å². The smallest absolute Gasteiger partial charge is 0.0438 e. The normalized spacial score (nSPS) is 13.0. The largest absolute Gasteiger partial charge is 0.315 e. The maximum atomic E-state index is 6.14. The summed E-state index contributed by atoms with van der Waals surface area (Å²) >= 11 is 6.14. The Morgan fingerprint density at radius 3 is 2.37 bits per heavy atom. The quantitative estimate of drug-likeness (QED) is 0.748. The third-order valence-corrected chi connectivity index (χ3v) is 4.12. The van der Waals surface area contributed by atoms with E-state index < -0.39 is 0 Å². The summed E-state index contributed by atoms with van der Waals surface area (Å²) in [5, 5.41) is 4.37. The summed E-state index contributed by atoms with van der Waals surface area (Å²) in [5.41, 5.74) is 3.96. The van der Waals surface area contributed by atoms with E-state index in [2.05, 4.69) is 52.1 Å². The van der Waals surface area contributed by atoms with E-state index in [1.807, 2.05) is 0 Å². The van der Waals surface area contributed by atoms with Crippen molar-refractivity contribution < 1.29 is 0 Å². The average Bonchev–Trinajstić information content (AvgIpc) is 2.31. The summed E-state index contributed by atoms with van der Waals surface area (Å²) in [6.45, 7) is 12.1. The van der Waals surface area contributed by atoms with Crippen molar-refractivity contribution in [1.29, 1.82) is 0 Å². The molecule has 1 aromatic carbocycles. The molecule has 0 amide bonds. The fraction of sp³-hybridized carbons (Fsp3) is 0.647. The van der Waals surface area contributed by atoms with Crippen LogP contribution in [0.1, 0.15) is 50.3 Å². The van der Waals surface area contributed by atoms with Crippen LogP contribution in [-0.2, 0) is 6.42 Å². The van der Waals surface area contributed by atoms with Gasteiger partial charge in [0.25, 0.3) is 0 Å². The van der Waals surface area contributed by atoms with E-state index in [1.54, 1.807) is 0 Å². The average molecular weight is 282 g/mol. The van der Waals surface area contributed by atoms with Gasteiger partial charge >= 0.3 is 0 Å². The molecule has 0 heterocycles. The van der Waals surface area contributed by atoms with Crippen LogP contribution in [0.15, 0.2) is 12.1 Å². The molecule has 0 saturated carbocycles. The zero-order valence-corrected chi connectivity index (χ0v) is 13.8. The fourth-order valence-corrected chi connectivity index (χ4v) is 2.49. The molecule has 1 unspecified atom stereocenters. The van der Waals surface area contributed by atoms with Gasteiger partial charge in [-0.3, -0.25) is 0 Å². The van der Waals surface area contributed by atoms with E-state index in [0.717, 1.165) is 23.9 Å². The predicted molar refractivity (Wildman–Crippen MR) is 86.2 cm³/mol. The predicted octanol–water partition coefficient (Wildman–Crippen LogP) is 4.91. The van der Waals surface area contributed by atoms with Gasteiger partial charge in [-0.05, 0) is 68.3 Å². The number of hydrogen-bond acceptors (Lipinski definition) is 1. The lowest BCUT2D eigenvalue weighted by molar-refractivity contribution is 0.453. The molecular formula is C17H28ClN. The molecule has 0 spiro atoms. The maximum absolute atomic E-state index is 6.14. The Labute approximate surface area is 123 Å². The van der Waals surface area contributed by atoms with Crippen LogP contribution in [0.4, 0.5) is 0 Å². The molecule has 1 atom stereocenters. The van der Waals surface area contributed by atoms with Crippen LogP contribution in [0.5, 0.6) is 0 Å². The van der Waals surface area contributed by atoms with Crippen molar-refractivity contribution >= 4 is 11.6 Å². The second-order valence-corrected chi connectivity index (χ2v) is 6.48. The Morgan fingerprint density at radius 2 is 1.74 bits per heavy atom. The van der Waals surface area contributed by atoms with Gasteiger partial charge in [-0.25, -0.2) is 0 Å². The third kappa shape index (κ3) is 5.97. The topological polar surface area (TPSA) is 12.0 Å². The van der Waals surface area contributed by atoms with Crippen molar-refractivity contribution in [3.05, 3.63) is 33.8 Å². The first kappa shape index (κ1) is 16.5. The van der Waals surface area contributed by atoms with Crippen LogP contribution in [0.25, 0.3) is 0 Å². The Morgan fingerprint density at radius 1 is 1.05 bits per heavy atom. The van der Waals surface area contributed by atoms with Gasteiger partial charge in [0, 0.05) is 11.1 Å². The van der Waals surface area contributed by atoms with Crippen molar-refractivity contribution in [2.75, 3.05) is 6.54 Å². The van der Waals surface area contributed by atoms with Crippen LogP contribution in [0.2, 0.25) is 5.02 Å². The molecule has 2 heteroatoms. The zero-order valence-electron chi connectivity index (χ0n) is 13.0. The molecule has 0 aliphatic carbocycles. The van der Waals surface area contributed by atoms with Crippen LogP contribution in [-0.4, -0.2) is 12.6 Å². The highest BCUT2D eigenvalue weighted by molar-refractivity contribution is 6.31. The van der Waals surface area contributed by atoms with Gasteiger partial charge in [-0.1, -0.05) is 38.4 Å².